The number of sulfone groups is 1. The monoisotopic (exact) mass is 488 g/mol. The number of furan rings is 1. The topological polar surface area (TPSA) is 161 Å². The van der Waals surface area contributed by atoms with E-state index >= 15 is 0 Å². The number of carbonyl (C=O) groups excluding carboxylic acids is 2. The van der Waals surface area contributed by atoms with Crippen LogP contribution < -0.4 is 14.8 Å². The molecule has 13 heteroatoms. The number of nitriles is 1. The first-order valence-corrected chi connectivity index (χ1v) is 11.9. The minimum absolute atomic E-state index is 0.0144. The predicted molar refractivity (Wildman–Crippen MR) is 117 cm³/mol. The number of hydrogen-bond donors (Lipinski definition) is 1. The van der Waals surface area contributed by atoms with E-state index in [0.717, 1.165) is 6.26 Å². The van der Waals surface area contributed by atoms with Gasteiger partial charge in [-0.3, -0.25) is 10.1 Å². The minimum atomic E-state index is -3.63. The van der Waals surface area contributed by atoms with Gasteiger partial charge in [0.25, 0.3) is 11.1 Å². The summed E-state index contributed by atoms with van der Waals surface area (Å²) in [5, 5.41) is 11.2. The maximum Gasteiger partial charge on any atom is 0.379 e. The molecule has 0 aliphatic carbocycles. The lowest BCUT2D eigenvalue weighted by Crippen LogP contribution is -2.13. The average Bonchev–Trinajstić information content (AvgIpc) is 3.46. The first-order valence-electron chi connectivity index (χ1n) is 9.20. The molecular weight excluding hydrogens is 472 g/mol. The van der Waals surface area contributed by atoms with Crippen molar-refractivity contribution in [2.75, 3.05) is 18.2 Å². The Morgan fingerprint density at radius 1 is 1.30 bits per heavy atom. The van der Waals surface area contributed by atoms with E-state index in [1.54, 1.807) is 19.1 Å². The van der Waals surface area contributed by atoms with Crippen molar-refractivity contribution >= 4 is 44.5 Å². The van der Waals surface area contributed by atoms with E-state index in [4.69, 9.17) is 13.9 Å². The molecule has 0 bridgehead atoms. The van der Waals surface area contributed by atoms with Gasteiger partial charge >= 0.3 is 5.97 Å². The summed E-state index contributed by atoms with van der Waals surface area (Å²) in [6.45, 7) is 2.01. The lowest BCUT2D eigenvalue weighted by molar-refractivity contribution is -0.112. The van der Waals surface area contributed by atoms with Crippen LogP contribution >= 0.6 is 11.5 Å². The van der Waals surface area contributed by atoms with Crippen LogP contribution in [0.5, 0.6) is 11.5 Å². The maximum absolute atomic E-state index is 12.4. The number of rotatable bonds is 8. The molecule has 0 unspecified atom stereocenters. The normalized spacial score (nSPS) is 11.5. The molecular formula is C20H16N4O7S2. The van der Waals surface area contributed by atoms with Crippen molar-refractivity contribution in [1.82, 2.24) is 9.36 Å². The Labute approximate surface area is 192 Å². The van der Waals surface area contributed by atoms with E-state index in [2.05, 4.69) is 14.7 Å². The van der Waals surface area contributed by atoms with Gasteiger partial charge in [0, 0.05) is 17.8 Å². The molecule has 1 N–H and O–H groups in total. The first-order chi connectivity index (χ1) is 15.7. The molecule has 0 spiro atoms. The zero-order valence-electron chi connectivity index (χ0n) is 17.3. The average molecular weight is 489 g/mol. The summed E-state index contributed by atoms with van der Waals surface area (Å²) in [5.41, 5.74) is 0.130. The molecule has 3 rings (SSSR count). The summed E-state index contributed by atoms with van der Waals surface area (Å²) >= 11 is 0.669. The van der Waals surface area contributed by atoms with Gasteiger partial charge in [0.1, 0.15) is 11.6 Å². The number of benzene rings is 1. The van der Waals surface area contributed by atoms with E-state index in [-0.39, 0.29) is 34.6 Å². The number of aromatic nitrogens is 2. The van der Waals surface area contributed by atoms with Crippen LogP contribution in [0.15, 0.2) is 51.7 Å². The number of hydrogen-bond acceptors (Lipinski definition) is 11. The Balaban J connectivity index is 1.81. The summed E-state index contributed by atoms with van der Waals surface area (Å²) < 4.78 is 42.4. The molecule has 170 valence electrons. The molecule has 0 saturated heterocycles. The Morgan fingerprint density at radius 2 is 2.09 bits per heavy atom. The summed E-state index contributed by atoms with van der Waals surface area (Å²) in [7, 11) is -3.63. The molecule has 0 aliphatic rings. The van der Waals surface area contributed by atoms with Gasteiger partial charge in [0.05, 0.1) is 12.9 Å². The predicted octanol–water partition coefficient (Wildman–Crippen LogP) is 2.70. The smallest absolute Gasteiger partial charge is 0.379 e. The van der Waals surface area contributed by atoms with Crippen LogP contribution in [0, 0.1) is 11.3 Å². The highest BCUT2D eigenvalue weighted by molar-refractivity contribution is 7.90. The molecule has 2 heterocycles. The van der Waals surface area contributed by atoms with Gasteiger partial charge in [-0.15, -0.1) is 0 Å². The van der Waals surface area contributed by atoms with Crippen LogP contribution in [0.25, 0.3) is 6.08 Å². The van der Waals surface area contributed by atoms with Crippen molar-refractivity contribution in [3.05, 3.63) is 53.5 Å². The molecule has 0 fully saturated rings. The highest BCUT2D eigenvalue weighted by Gasteiger charge is 2.18. The Bertz CT molecular complexity index is 1350. The molecule has 0 saturated carbocycles. The van der Waals surface area contributed by atoms with E-state index in [0.29, 0.717) is 17.1 Å². The van der Waals surface area contributed by atoms with Crippen LogP contribution in [0.2, 0.25) is 0 Å². The zero-order chi connectivity index (χ0) is 24.0. The fourth-order valence-corrected chi connectivity index (χ4v) is 3.84. The van der Waals surface area contributed by atoms with Gasteiger partial charge in [0.2, 0.25) is 20.7 Å². The lowest BCUT2D eigenvalue weighted by atomic mass is 10.1. The van der Waals surface area contributed by atoms with E-state index in [1.807, 2.05) is 0 Å². The molecule has 33 heavy (non-hydrogen) atoms. The number of carbonyl (C=O) groups is 2. The molecule has 11 nitrogen and oxygen atoms in total. The van der Waals surface area contributed by atoms with Crippen LogP contribution in [-0.4, -0.2) is 42.5 Å². The van der Waals surface area contributed by atoms with Crippen LogP contribution in [0.1, 0.15) is 23.0 Å². The molecule has 0 radical (unpaired) electrons. The second-order valence-corrected chi connectivity index (χ2v) is 8.95. The van der Waals surface area contributed by atoms with E-state index < -0.39 is 26.9 Å². The maximum atomic E-state index is 12.4. The summed E-state index contributed by atoms with van der Waals surface area (Å²) in [5.74, 6) is -1.17. The van der Waals surface area contributed by atoms with E-state index in [9.17, 15) is 23.3 Å². The number of anilines is 1. The molecule has 0 atom stereocenters. The van der Waals surface area contributed by atoms with Gasteiger partial charge in [-0.25, -0.2) is 13.2 Å². The van der Waals surface area contributed by atoms with Crippen LogP contribution in [0.4, 0.5) is 5.13 Å². The van der Waals surface area contributed by atoms with Crippen LogP contribution in [0.3, 0.4) is 0 Å². The van der Waals surface area contributed by atoms with Crippen molar-refractivity contribution in [2.45, 2.75) is 12.1 Å². The lowest BCUT2D eigenvalue weighted by Gasteiger charge is -2.11. The second-order valence-electron chi connectivity index (χ2n) is 6.28. The summed E-state index contributed by atoms with van der Waals surface area (Å²) in [6.07, 6.45) is 3.56. The quantitative estimate of drug-likeness (QED) is 0.216. The van der Waals surface area contributed by atoms with Crippen molar-refractivity contribution in [3.63, 3.8) is 0 Å². The number of ether oxygens (including phenoxy) is 2. The number of nitrogens with zero attached hydrogens (tertiary/aromatic N) is 3. The van der Waals surface area contributed by atoms with Gasteiger partial charge in [-0.1, -0.05) is 6.07 Å². The largest absolute Gasteiger partial charge is 0.490 e. The summed E-state index contributed by atoms with van der Waals surface area (Å²) in [4.78, 5) is 28.3. The third kappa shape index (κ3) is 6.03. The molecule has 1 amide bonds. The number of esters is 1. The zero-order valence-corrected chi connectivity index (χ0v) is 18.9. The van der Waals surface area contributed by atoms with Gasteiger partial charge < -0.3 is 13.9 Å². The van der Waals surface area contributed by atoms with Crippen molar-refractivity contribution in [2.24, 2.45) is 0 Å². The molecule has 0 aliphatic heterocycles. The molecule has 3 aromatic rings. The van der Waals surface area contributed by atoms with Crippen molar-refractivity contribution in [3.8, 4) is 17.6 Å². The standard InChI is InChI=1S/C20H16N4O7S2/c1-3-29-16-10-12(6-7-14(16)31-18(26)15-5-4-8-30-15)9-13(11-21)17(25)22-19-23-20(24-32-19)33(2,27)28/h4-10H,3H2,1-2H3,(H,22,23,24,25)/b13-9-. The fourth-order valence-electron chi connectivity index (χ4n) is 2.40. The van der Waals surface area contributed by atoms with Gasteiger partial charge in [-0.2, -0.15) is 14.6 Å². The third-order valence-corrected chi connectivity index (χ3v) is 5.42. The van der Waals surface area contributed by atoms with Crippen molar-refractivity contribution < 1.29 is 31.9 Å². The number of amides is 1. The van der Waals surface area contributed by atoms with Crippen molar-refractivity contribution in [1.29, 1.82) is 5.26 Å². The number of nitrogens with one attached hydrogen (secondary N) is 1. The molecule has 1 aromatic carbocycles. The SMILES string of the molecule is CCOc1cc(/C=C(/C#N)C(=O)Nc2nc(S(C)(=O)=O)ns2)ccc1OC(=O)c1ccco1. The fraction of sp³-hybridized carbons (Fsp3) is 0.150. The summed E-state index contributed by atoms with van der Waals surface area (Å²) in [6, 6.07) is 9.24. The van der Waals surface area contributed by atoms with Crippen LogP contribution in [-0.2, 0) is 14.6 Å². The Hall–Kier alpha value is -4.02. The molecule has 2 aromatic heterocycles. The second kappa shape index (κ2) is 10.1. The highest BCUT2D eigenvalue weighted by Crippen LogP contribution is 2.30. The first kappa shape index (κ1) is 23.6. The highest BCUT2D eigenvalue weighted by atomic mass is 32.2. The Kier molecular flexibility index (Phi) is 7.21. The van der Waals surface area contributed by atoms with Gasteiger partial charge in [0.15, 0.2) is 11.5 Å². The van der Waals surface area contributed by atoms with E-state index in [1.165, 1.54) is 36.6 Å². The Morgan fingerprint density at radius 3 is 2.70 bits per heavy atom. The minimum Gasteiger partial charge on any atom is -0.490 e. The third-order valence-electron chi connectivity index (χ3n) is 3.83. The van der Waals surface area contributed by atoms with Gasteiger partial charge in [-0.05, 0) is 42.8 Å².